The summed E-state index contributed by atoms with van der Waals surface area (Å²) < 4.78 is 15.2. The second kappa shape index (κ2) is 4.81. The first kappa shape index (κ1) is 12.4. The number of imidazole rings is 1. The van der Waals surface area contributed by atoms with Gasteiger partial charge < -0.3 is 10.3 Å². The first-order valence-corrected chi connectivity index (χ1v) is 6.30. The van der Waals surface area contributed by atoms with Crippen LogP contribution in [0.15, 0.2) is 54.6 Å². The Morgan fingerprint density at radius 2 is 1.70 bits per heavy atom. The Morgan fingerprint density at radius 3 is 2.40 bits per heavy atom. The molecule has 0 amide bonds. The van der Waals surface area contributed by atoms with Gasteiger partial charge in [-0.3, -0.25) is 0 Å². The highest BCUT2D eigenvalue weighted by molar-refractivity contribution is 5.75. The van der Waals surface area contributed by atoms with Crippen molar-refractivity contribution >= 4 is 5.82 Å². The molecule has 0 aliphatic rings. The van der Waals surface area contributed by atoms with Crippen molar-refractivity contribution in [1.29, 1.82) is 0 Å². The smallest absolute Gasteiger partial charge is 0.142 e. The number of nitrogens with two attached hydrogens (primary N) is 1. The highest BCUT2D eigenvalue weighted by Crippen LogP contribution is 2.30. The minimum Gasteiger partial charge on any atom is -0.383 e. The lowest BCUT2D eigenvalue weighted by Gasteiger charge is -2.02. The van der Waals surface area contributed by atoms with Crippen molar-refractivity contribution in [3.63, 3.8) is 0 Å². The van der Waals surface area contributed by atoms with Crippen molar-refractivity contribution in [3.8, 4) is 22.6 Å². The van der Waals surface area contributed by atoms with E-state index in [9.17, 15) is 4.39 Å². The lowest BCUT2D eigenvalue weighted by atomic mass is 10.1. The number of halogens is 1. The molecule has 4 heteroatoms. The van der Waals surface area contributed by atoms with E-state index in [1.807, 2.05) is 41.9 Å². The van der Waals surface area contributed by atoms with Gasteiger partial charge in [0.2, 0.25) is 0 Å². The van der Waals surface area contributed by atoms with Gasteiger partial charge in [-0.2, -0.15) is 0 Å². The number of nitrogen functional groups attached to an aromatic ring is 1. The summed E-state index contributed by atoms with van der Waals surface area (Å²) in [6.07, 6.45) is 0. The van der Waals surface area contributed by atoms with E-state index in [0.29, 0.717) is 17.1 Å². The molecule has 3 aromatic rings. The molecule has 0 bridgehead atoms. The molecule has 1 heterocycles. The SMILES string of the molecule is Cn1c(-c2ccccc2)nc(-c2cccc(F)c2)c1N. The van der Waals surface area contributed by atoms with E-state index >= 15 is 0 Å². The van der Waals surface area contributed by atoms with Crippen molar-refractivity contribution < 1.29 is 4.39 Å². The van der Waals surface area contributed by atoms with Crippen molar-refractivity contribution in [3.05, 3.63) is 60.4 Å². The molecule has 0 saturated carbocycles. The molecule has 3 rings (SSSR count). The molecule has 0 spiro atoms. The van der Waals surface area contributed by atoms with Crippen LogP contribution in [-0.4, -0.2) is 9.55 Å². The molecule has 2 N–H and O–H groups in total. The van der Waals surface area contributed by atoms with Gasteiger partial charge in [0, 0.05) is 18.2 Å². The molecule has 20 heavy (non-hydrogen) atoms. The van der Waals surface area contributed by atoms with Crippen LogP contribution in [0.1, 0.15) is 0 Å². The summed E-state index contributed by atoms with van der Waals surface area (Å²) in [5.74, 6) is 0.991. The van der Waals surface area contributed by atoms with Crippen LogP contribution in [0.2, 0.25) is 0 Å². The zero-order chi connectivity index (χ0) is 14.1. The van der Waals surface area contributed by atoms with Crippen LogP contribution in [0.4, 0.5) is 10.2 Å². The molecule has 0 aliphatic carbocycles. The van der Waals surface area contributed by atoms with E-state index in [2.05, 4.69) is 4.98 Å². The van der Waals surface area contributed by atoms with Crippen LogP contribution in [0.25, 0.3) is 22.6 Å². The van der Waals surface area contributed by atoms with Gasteiger partial charge in [-0.25, -0.2) is 9.37 Å². The normalized spacial score (nSPS) is 10.7. The maximum Gasteiger partial charge on any atom is 0.142 e. The van der Waals surface area contributed by atoms with Gasteiger partial charge in [0.25, 0.3) is 0 Å². The van der Waals surface area contributed by atoms with Gasteiger partial charge in [-0.15, -0.1) is 0 Å². The number of hydrogen-bond donors (Lipinski definition) is 1. The van der Waals surface area contributed by atoms with Gasteiger partial charge >= 0.3 is 0 Å². The Hall–Kier alpha value is -2.62. The maximum absolute atomic E-state index is 13.3. The van der Waals surface area contributed by atoms with Crippen LogP contribution >= 0.6 is 0 Å². The molecule has 3 nitrogen and oxygen atoms in total. The average molecular weight is 267 g/mol. The molecule has 0 saturated heterocycles. The van der Waals surface area contributed by atoms with Crippen molar-refractivity contribution in [1.82, 2.24) is 9.55 Å². The van der Waals surface area contributed by atoms with Crippen LogP contribution in [-0.2, 0) is 7.05 Å². The van der Waals surface area contributed by atoms with E-state index < -0.39 is 0 Å². The monoisotopic (exact) mass is 267 g/mol. The fourth-order valence-corrected chi connectivity index (χ4v) is 2.20. The quantitative estimate of drug-likeness (QED) is 0.772. The van der Waals surface area contributed by atoms with Gasteiger partial charge in [0.1, 0.15) is 23.2 Å². The summed E-state index contributed by atoms with van der Waals surface area (Å²) in [6, 6.07) is 16.1. The molecule has 2 aromatic carbocycles. The molecule has 0 aliphatic heterocycles. The third kappa shape index (κ3) is 2.05. The predicted molar refractivity (Wildman–Crippen MR) is 78.5 cm³/mol. The second-order valence-corrected chi connectivity index (χ2v) is 4.60. The van der Waals surface area contributed by atoms with E-state index in [-0.39, 0.29) is 5.82 Å². The largest absolute Gasteiger partial charge is 0.383 e. The lowest BCUT2D eigenvalue weighted by molar-refractivity contribution is 0.628. The Morgan fingerprint density at radius 1 is 1.00 bits per heavy atom. The highest BCUT2D eigenvalue weighted by Gasteiger charge is 2.15. The summed E-state index contributed by atoms with van der Waals surface area (Å²) in [6.45, 7) is 0. The zero-order valence-corrected chi connectivity index (χ0v) is 11.0. The minimum atomic E-state index is -0.297. The Kier molecular flexibility index (Phi) is 2.99. The van der Waals surface area contributed by atoms with Crippen molar-refractivity contribution in [2.45, 2.75) is 0 Å². The molecule has 0 radical (unpaired) electrons. The van der Waals surface area contributed by atoms with E-state index in [1.165, 1.54) is 12.1 Å². The summed E-state index contributed by atoms with van der Waals surface area (Å²) >= 11 is 0. The van der Waals surface area contributed by atoms with Crippen molar-refractivity contribution in [2.75, 3.05) is 5.73 Å². The third-order valence-electron chi connectivity index (χ3n) is 3.27. The van der Waals surface area contributed by atoms with Crippen molar-refractivity contribution in [2.24, 2.45) is 7.05 Å². The van der Waals surface area contributed by atoms with Crippen LogP contribution in [0.3, 0.4) is 0 Å². The van der Waals surface area contributed by atoms with E-state index in [1.54, 1.807) is 12.1 Å². The van der Waals surface area contributed by atoms with Gasteiger partial charge in [-0.05, 0) is 12.1 Å². The molecule has 0 atom stereocenters. The number of anilines is 1. The van der Waals surface area contributed by atoms with E-state index in [0.717, 1.165) is 11.4 Å². The highest BCUT2D eigenvalue weighted by atomic mass is 19.1. The van der Waals surface area contributed by atoms with Crippen LogP contribution in [0, 0.1) is 5.82 Å². The number of aromatic nitrogens is 2. The Labute approximate surface area is 116 Å². The number of nitrogens with zero attached hydrogens (tertiary/aromatic N) is 2. The molecule has 1 aromatic heterocycles. The Bertz CT molecular complexity index is 748. The summed E-state index contributed by atoms with van der Waals surface area (Å²) in [7, 11) is 1.85. The summed E-state index contributed by atoms with van der Waals surface area (Å²) in [4.78, 5) is 4.56. The lowest BCUT2D eigenvalue weighted by Crippen LogP contribution is -1.98. The van der Waals surface area contributed by atoms with E-state index in [4.69, 9.17) is 5.73 Å². The maximum atomic E-state index is 13.3. The molecule has 100 valence electrons. The standard InChI is InChI=1S/C16H14FN3/c1-20-15(18)14(12-8-5-9-13(17)10-12)19-16(20)11-6-3-2-4-7-11/h2-10H,18H2,1H3. The first-order chi connectivity index (χ1) is 9.66. The minimum absolute atomic E-state index is 0.297. The average Bonchev–Trinajstić information content (AvgIpc) is 2.76. The molecular weight excluding hydrogens is 253 g/mol. The van der Waals surface area contributed by atoms with Gasteiger partial charge in [0.05, 0.1) is 0 Å². The number of hydrogen-bond acceptors (Lipinski definition) is 2. The fraction of sp³-hybridized carbons (Fsp3) is 0.0625. The van der Waals surface area contributed by atoms with Crippen LogP contribution < -0.4 is 5.73 Å². The zero-order valence-electron chi connectivity index (χ0n) is 11.0. The topological polar surface area (TPSA) is 43.8 Å². The van der Waals surface area contributed by atoms with Crippen LogP contribution in [0.5, 0.6) is 0 Å². The molecule has 0 fully saturated rings. The predicted octanol–water partition coefficient (Wildman–Crippen LogP) is 3.48. The van der Waals surface area contributed by atoms with Gasteiger partial charge in [-0.1, -0.05) is 42.5 Å². The molecular formula is C16H14FN3. The third-order valence-corrected chi connectivity index (χ3v) is 3.27. The fourth-order valence-electron chi connectivity index (χ4n) is 2.20. The number of benzene rings is 2. The van der Waals surface area contributed by atoms with Gasteiger partial charge in [0.15, 0.2) is 0 Å². The summed E-state index contributed by atoms with van der Waals surface area (Å²) in [5, 5.41) is 0. The molecule has 0 unspecified atom stereocenters. The second-order valence-electron chi connectivity index (χ2n) is 4.60. The number of rotatable bonds is 2. The first-order valence-electron chi connectivity index (χ1n) is 6.30. The Balaban J connectivity index is 2.16. The summed E-state index contributed by atoms with van der Waals surface area (Å²) in [5.41, 5.74) is 8.36.